The Balaban J connectivity index is 1.61. The Hall–Kier alpha value is -2.77. The average molecular weight is 321 g/mol. The Bertz CT molecular complexity index is 753. The number of carbonyl (C=O) groups is 1. The molecule has 1 atom stereocenters. The number of halogens is 2. The molecular weight excluding hydrogens is 308 g/mol. The molecule has 6 nitrogen and oxygen atoms in total. The summed E-state index contributed by atoms with van der Waals surface area (Å²) in [6.45, 7) is 1.83. The monoisotopic (exact) mass is 321 g/mol. The molecule has 1 aliphatic heterocycles. The highest BCUT2D eigenvalue weighted by molar-refractivity contribution is 6.04. The predicted octanol–water partition coefficient (Wildman–Crippen LogP) is 2.07. The molecule has 23 heavy (non-hydrogen) atoms. The number of oxime groups is 1. The highest BCUT2D eigenvalue weighted by atomic mass is 19.1. The molecule has 1 aliphatic rings. The molecule has 0 saturated carbocycles. The van der Waals surface area contributed by atoms with E-state index in [0.717, 1.165) is 12.1 Å². The van der Waals surface area contributed by atoms with Gasteiger partial charge in [-0.15, -0.1) is 0 Å². The highest BCUT2D eigenvalue weighted by Gasteiger charge is 2.31. The Morgan fingerprint density at radius 1 is 1.39 bits per heavy atom. The van der Waals surface area contributed by atoms with Crippen LogP contribution in [0.2, 0.25) is 0 Å². The maximum Gasteiger partial charge on any atom is 0.264 e. The van der Waals surface area contributed by atoms with Gasteiger partial charge in [0.25, 0.3) is 5.91 Å². The van der Waals surface area contributed by atoms with Gasteiger partial charge in [0.1, 0.15) is 17.4 Å². The van der Waals surface area contributed by atoms with Gasteiger partial charge in [0.15, 0.2) is 0 Å². The number of carbonyl (C=O) groups excluding carboxylic acids is 1. The van der Waals surface area contributed by atoms with Crippen molar-refractivity contribution < 1.29 is 22.8 Å². The van der Waals surface area contributed by atoms with Crippen molar-refractivity contribution in [2.24, 2.45) is 5.16 Å². The average Bonchev–Trinajstić information content (AvgIpc) is 3.14. The predicted molar refractivity (Wildman–Crippen MR) is 75.5 cm³/mol. The Labute approximate surface area is 130 Å². The van der Waals surface area contributed by atoms with E-state index in [0.29, 0.717) is 11.7 Å². The summed E-state index contributed by atoms with van der Waals surface area (Å²) in [4.78, 5) is 20.9. The summed E-state index contributed by atoms with van der Waals surface area (Å²) < 4.78 is 32.6. The van der Waals surface area contributed by atoms with Crippen LogP contribution >= 0.6 is 0 Å². The number of benzene rings is 1. The Morgan fingerprint density at radius 2 is 2.13 bits per heavy atom. The van der Waals surface area contributed by atoms with Gasteiger partial charge in [0.2, 0.25) is 12.0 Å². The van der Waals surface area contributed by atoms with Gasteiger partial charge in [-0.25, -0.2) is 13.8 Å². The van der Waals surface area contributed by atoms with E-state index in [-0.39, 0.29) is 24.2 Å². The van der Waals surface area contributed by atoms with Gasteiger partial charge in [0, 0.05) is 6.42 Å². The van der Waals surface area contributed by atoms with E-state index >= 15 is 0 Å². The quantitative estimate of drug-likeness (QED) is 0.935. The number of hydrogen-bond donors (Lipinski definition) is 1. The molecule has 2 aromatic rings. The fourth-order valence-corrected chi connectivity index (χ4v) is 2.20. The van der Waals surface area contributed by atoms with Crippen LogP contribution < -0.4 is 5.32 Å². The summed E-state index contributed by atoms with van der Waals surface area (Å²) in [5, 5.41) is 6.20. The van der Waals surface area contributed by atoms with E-state index in [1.165, 1.54) is 12.3 Å². The smallest absolute Gasteiger partial charge is 0.264 e. The minimum atomic E-state index is -0.944. The number of nitrogens with zero attached hydrogens (tertiary/aromatic N) is 2. The standard InChI is InChI=1S/C15H13F2N3O3/c1-8-6-18-13(22-8)7-19-15(21)12-5-11(20-23-12)14-9(16)3-2-4-10(14)17/h2-4,6,12H,5,7H2,1H3,(H,19,21). The van der Waals surface area contributed by atoms with Crippen molar-refractivity contribution in [1.82, 2.24) is 10.3 Å². The van der Waals surface area contributed by atoms with Crippen molar-refractivity contribution in [2.75, 3.05) is 0 Å². The van der Waals surface area contributed by atoms with Gasteiger partial charge < -0.3 is 14.6 Å². The zero-order valence-electron chi connectivity index (χ0n) is 12.2. The van der Waals surface area contributed by atoms with Crippen LogP contribution in [0, 0.1) is 18.6 Å². The van der Waals surface area contributed by atoms with Gasteiger partial charge >= 0.3 is 0 Å². The summed E-state index contributed by atoms with van der Waals surface area (Å²) in [6, 6.07) is 3.51. The van der Waals surface area contributed by atoms with E-state index in [1.807, 2.05) is 0 Å². The molecule has 3 rings (SSSR count). The fraction of sp³-hybridized carbons (Fsp3) is 0.267. The SMILES string of the molecule is Cc1cnc(CNC(=O)C2CC(c3c(F)cccc3F)=NO2)o1. The van der Waals surface area contributed by atoms with E-state index in [1.54, 1.807) is 6.92 Å². The lowest BCUT2D eigenvalue weighted by Crippen LogP contribution is -2.34. The second-order valence-electron chi connectivity index (χ2n) is 5.02. The van der Waals surface area contributed by atoms with Crippen LogP contribution in [0.5, 0.6) is 0 Å². The molecule has 1 aromatic carbocycles. The van der Waals surface area contributed by atoms with Gasteiger partial charge in [-0.05, 0) is 19.1 Å². The lowest BCUT2D eigenvalue weighted by molar-refractivity contribution is -0.131. The molecule has 1 unspecified atom stereocenters. The largest absolute Gasteiger partial charge is 0.444 e. The number of aromatic nitrogens is 1. The van der Waals surface area contributed by atoms with Crippen LogP contribution in [0.3, 0.4) is 0 Å². The maximum atomic E-state index is 13.7. The van der Waals surface area contributed by atoms with E-state index in [4.69, 9.17) is 9.25 Å². The molecule has 1 amide bonds. The number of rotatable bonds is 4. The Morgan fingerprint density at radius 3 is 2.78 bits per heavy atom. The third-order valence-corrected chi connectivity index (χ3v) is 3.30. The second kappa shape index (κ2) is 6.15. The van der Waals surface area contributed by atoms with E-state index in [2.05, 4.69) is 15.5 Å². The van der Waals surface area contributed by atoms with E-state index in [9.17, 15) is 13.6 Å². The van der Waals surface area contributed by atoms with E-state index < -0.39 is 23.6 Å². The Kier molecular flexibility index (Phi) is 4.05. The van der Waals surface area contributed by atoms with Gasteiger partial charge in [-0.1, -0.05) is 11.2 Å². The minimum absolute atomic E-state index is 0.0195. The van der Waals surface area contributed by atoms with Crippen LogP contribution in [-0.2, 0) is 16.2 Å². The number of nitrogens with one attached hydrogen (secondary N) is 1. The van der Waals surface area contributed by atoms with Gasteiger partial charge in [-0.3, -0.25) is 4.79 Å². The van der Waals surface area contributed by atoms with Gasteiger partial charge in [0.05, 0.1) is 24.0 Å². The van der Waals surface area contributed by atoms with Crippen molar-refractivity contribution in [3.05, 3.63) is 53.2 Å². The number of hydrogen-bond acceptors (Lipinski definition) is 5. The summed E-state index contributed by atoms with van der Waals surface area (Å²) in [7, 11) is 0. The summed E-state index contributed by atoms with van der Waals surface area (Å²) in [5.74, 6) is -0.967. The molecule has 1 N–H and O–H groups in total. The zero-order valence-corrected chi connectivity index (χ0v) is 12.2. The summed E-state index contributed by atoms with van der Waals surface area (Å²) in [6.07, 6.45) is 0.574. The molecule has 1 aromatic heterocycles. The topological polar surface area (TPSA) is 76.7 Å². The van der Waals surface area contributed by atoms with Crippen molar-refractivity contribution >= 4 is 11.6 Å². The highest BCUT2D eigenvalue weighted by Crippen LogP contribution is 2.21. The van der Waals surface area contributed by atoms with Crippen molar-refractivity contribution in [1.29, 1.82) is 0 Å². The first-order valence-corrected chi connectivity index (χ1v) is 6.90. The molecular formula is C15H13F2N3O3. The lowest BCUT2D eigenvalue weighted by atomic mass is 10.0. The molecule has 120 valence electrons. The van der Waals surface area contributed by atoms with Crippen LogP contribution in [-0.4, -0.2) is 22.7 Å². The summed E-state index contributed by atoms with van der Waals surface area (Å²) in [5.41, 5.74) is -0.209. The number of aryl methyl sites for hydroxylation is 1. The van der Waals surface area contributed by atoms with Crippen molar-refractivity contribution in [2.45, 2.75) is 26.0 Å². The van der Waals surface area contributed by atoms with Crippen LogP contribution in [0.15, 0.2) is 34.0 Å². The molecule has 0 saturated heterocycles. The second-order valence-corrected chi connectivity index (χ2v) is 5.02. The first-order chi connectivity index (χ1) is 11.0. The first kappa shape index (κ1) is 15.1. The maximum absolute atomic E-state index is 13.7. The fourth-order valence-electron chi connectivity index (χ4n) is 2.20. The van der Waals surface area contributed by atoms with Crippen molar-refractivity contribution in [3.63, 3.8) is 0 Å². The molecule has 0 bridgehead atoms. The number of oxazole rings is 1. The lowest BCUT2D eigenvalue weighted by Gasteiger charge is -2.08. The first-order valence-electron chi connectivity index (χ1n) is 6.90. The summed E-state index contributed by atoms with van der Waals surface area (Å²) >= 11 is 0. The minimum Gasteiger partial charge on any atom is -0.444 e. The van der Waals surface area contributed by atoms with Gasteiger partial charge in [-0.2, -0.15) is 0 Å². The van der Waals surface area contributed by atoms with Crippen LogP contribution in [0.1, 0.15) is 23.6 Å². The molecule has 8 heteroatoms. The van der Waals surface area contributed by atoms with Crippen molar-refractivity contribution in [3.8, 4) is 0 Å². The molecule has 0 radical (unpaired) electrons. The molecule has 0 fully saturated rings. The van der Waals surface area contributed by atoms with Crippen LogP contribution in [0.25, 0.3) is 0 Å². The molecule has 0 spiro atoms. The number of amides is 1. The molecule has 2 heterocycles. The van der Waals surface area contributed by atoms with Crippen LogP contribution in [0.4, 0.5) is 8.78 Å². The third-order valence-electron chi connectivity index (χ3n) is 3.30. The zero-order chi connectivity index (χ0) is 16.4. The third kappa shape index (κ3) is 3.20. The normalized spacial score (nSPS) is 16.8. The molecule has 0 aliphatic carbocycles.